The maximum atomic E-state index is 10.6. The zero-order valence-corrected chi connectivity index (χ0v) is 22.3. The summed E-state index contributed by atoms with van der Waals surface area (Å²) in [5.41, 5.74) is 8.98. The lowest BCUT2D eigenvalue weighted by Gasteiger charge is -2.40. The van der Waals surface area contributed by atoms with Gasteiger partial charge in [-0.2, -0.15) is 0 Å². The van der Waals surface area contributed by atoms with E-state index in [9.17, 15) is 5.11 Å². The second-order valence-electron chi connectivity index (χ2n) is 10.0. The molecule has 192 valence electrons. The van der Waals surface area contributed by atoms with Crippen molar-refractivity contribution in [3.05, 3.63) is 69.9 Å². The largest absolute Gasteiger partial charge is 0.491 e. The fourth-order valence-electron chi connectivity index (χ4n) is 5.24. The number of hydrogen-bond donors (Lipinski definition) is 2. The van der Waals surface area contributed by atoms with Gasteiger partial charge >= 0.3 is 0 Å². The molecule has 0 amide bonds. The van der Waals surface area contributed by atoms with Crippen molar-refractivity contribution in [2.45, 2.75) is 45.9 Å². The van der Waals surface area contributed by atoms with Crippen LogP contribution in [0.5, 0.6) is 5.75 Å². The minimum atomic E-state index is -0.540. The van der Waals surface area contributed by atoms with Crippen LogP contribution in [-0.2, 0) is 4.84 Å². The van der Waals surface area contributed by atoms with Crippen molar-refractivity contribution < 1.29 is 14.7 Å². The first-order valence-electron chi connectivity index (χ1n) is 12.7. The monoisotopic (exact) mass is 508 g/mol. The van der Waals surface area contributed by atoms with Crippen molar-refractivity contribution in [2.24, 2.45) is 0 Å². The van der Waals surface area contributed by atoms with Gasteiger partial charge in [0.2, 0.25) is 0 Å². The van der Waals surface area contributed by atoms with Crippen LogP contribution in [-0.4, -0.2) is 71.4 Å². The molecule has 5 rings (SSSR count). The standard InChI is InChI=1S/C28H36N4O3S/c1-18-6-5-7-19(2)28(18)26-12-22(30-35-26)15-32-11-10-31(14-20(32)3)16-23(33)17-34-24-8-9-27-25(13-24)29-21(4)36-27/h5-9,12-13,20,23,26,30,33H,10-11,14-17H2,1-4H3/t20-,23+,26?/m0/s1. The Morgan fingerprint density at radius 3 is 2.78 bits per heavy atom. The van der Waals surface area contributed by atoms with Gasteiger partial charge in [0.1, 0.15) is 24.6 Å². The van der Waals surface area contributed by atoms with E-state index in [4.69, 9.17) is 9.57 Å². The van der Waals surface area contributed by atoms with E-state index in [1.807, 2.05) is 25.1 Å². The molecule has 1 saturated heterocycles. The Morgan fingerprint density at radius 1 is 1.19 bits per heavy atom. The number of benzene rings is 2. The van der Waals surface area contributed by atoms with Crippen LogP contribution in [0, 0.1) is 20.8 Å². The molecule has 2 aliphatic heterocycles. The Balaban J connectivity index is 1.09. The molecule has 0 bridgehead atoms. The van der Waals surface area contributed by atoms with Gasteiger partial charge < -0.3 is 9.84 Å². The highest BCUT2D eigenvalue weighted by molar-refractivity contribution is 7.18. The molecular formula is C28H36N4O3S. The number of nitrogens with one attached hydrogen (secondary N) is 1. The number of aryl methyl sites for hydroxylation is 3. The summed E-state index contributed by atoms with van der Waals surface area (Å²) in [6, 6.07) is 12.7. The topological polar surface area (TPSA) is 70.1 Å². The third-order valence-electron chi connectivity index (χ3n) is 7.10. The van der Waals surface area contributed by atoms with Crippen LogP contribution < -0.4 is 10.2 Å². The van der Waals surface area contributed by atoms with Crippen molar-refractivity contribution in [1.29, 1.82) is 0 Å². The third-order valence-corrected chi connectivity index (χ3v) is 8.05. The number of hydroxylamine groups is 1. The van der Waals surface area contributed by atoms with Gasteiger partial charge in [-0.1, -0.05) is 18.2 Å². The van der Waals surface area contributed by atoms with Crippen LogP contribution in [0.1, 0.15) is 34.7 Å². The number of thiazole rings is 1. The smallest absolute Gasteiger partial charge is 0.131 e. The second-order valence-corrected chi connectivity index (χ2v) is 11.3. The quantitative estimate of drug-likeness (QED) is 0.474. The number of ether oxygens (including phenoxy) is 1. The SMILES string of the molecule is Cc1nc2cc(OC[C@H](O)CN3CCN(CC4=CC(c5c(C)cccc5C)ON4)[C@@H](C)C3)ccc2s1. The Kier molecular flexibility index (Phi) is 7.60. The molecule has 0 spiro atoms. The Hall–Kier alpha value is -2.49. The van der Waals surface area contributed by atoms with Crippen molar-refractivity contribution in [3.63, 3.8) is 0 Å². The molecular weight excluding hydrogens is 472 g/mol. The van der Waals surface area contributed by atoms with Gasteiger partial charge in [0.25, 0.3) is 0 Å². The number of hydrogen-bond acceptors (Lipinski definition) is 8. The van der Waals surface area contributed by atoms with E-state index in [-0.39, 0.29) is 12.7 Å². The molecule has 0 aliphatic carbocycles. The number of aliphatic hydroxyl groups is 1. The van der Waals surface area contributed by atoms with E-state index in [0.717, 1.165) is 52.8 Å². The van der Waals surface area contributed by atoms with Gasteiger partial charge in [-0.05, 0) is 62.6 Å². The molecule has 1 aromatic heterocycles. The Morgan fingerprint density at radius 2 is 2.00 bits per heavy atom. The maximum Gasteiger partial charge on any atom is 0.131 e. The summed E-state index contributed by atoms with van der Waals surface area (Å²) in [4.78, 5) is 15.2. The summed E-state index contributed by atoms with van der Waals surface area (Å²) in [5, 5.41) is 11.7. The highest BCUT2D eigenvalue weighted by Crippen LogP contribution is 2.30. The minimum absolute atomic E-state index is 0.0480. The minimum Gasteiger partial charge on any atom is -0.491 e. The highest BCUT2D eigenvalue weighted by atomic mass is 32.1. The molecule has 3 aromatic rings. The average molecular weight is 509 g/mol. The Labute approximate surface area is 217 Å². The van der Waals surface area contributed by atoms with Gasteiger partial charge in [-0.15, -0.1) is 11.3 Å². The van der Waals surface area contributed by atoms with Crippen molar-refractivity contribution in [2.75, 3.05) is 39.3 Å². The van der Waals surface area contributed by atoms with Crippen LogP contribution >= 0.6 is 11.3 Å². The molecule has 0 saturated carbocycles. The first-order chi connectivity index (χ1) is 17.4. The molecule has 2 aliphatic rings. The van der Waals surface area contributed by atoms with Crippen molar-refractivity contribution in [3.8, 4) is 5.75 Å². The van der Waals surface area contributed by atoms with E-state index in [1.54, 1.807) is 11.3 Å². The molecule has 7 nitrogen and oxygen atoms in total. The van der Waals surface area contributed by atoms with Gasteiger partial charge in [-0.3, -0.25) is 20.1 Å². The molecule has 8 heteroatoms. The maximum absolute atomic E-state index is 10.6. The summed E-state index contributed by atoms with van der Waals surface area (Å²) in [6.45, 7) is 13.0. The highest BCUT2D eigenvalue weighted by Gasteiger charge is 2.28. The molecule has 3 atom stereocenters. The van der Waals surface area contributed by atoms with E-state index in [1.165, 1.54) is 16.7 Å². The molecule has 1 unspecified atom stereocenters. The van der Waals surface area contributed by atoms with E-state index in [2.05, 4.69) is 65.3 Å². The molecule has 1 fully saturated rings. The molecule has 36 heavy (non-hydrogen) atoms. The lowest BCUT2D eigenvalue weighted by Crippen LogP contribution is -2.54. The summed E-state index contributed by atoms with van der Waals surface area (Å²) in [6.07, 6.45) is 1.62. The fourth-order valence-corrected chi connectivity index (χ4v) is 6.05. The van der Waals surface area contributed by atoms with Crippen LogP contribution in [0.2, 0.25) is 0 Å². The fraction of sp³-hybridized carbons (Fsp3) is 0.464. The van der Waals surface area contributed by atoms with Gasteiger partial charge in [0.15, 0.2) is 0 Å². The lowest BCUT2D eigenvalue weighted by molar-refractivity contribution is 0.0212. The summed E-state index contributed by atoms with van der Waals surface area (Å²) in [7, 11) is 0. The summed E-state index contributed by atoms with van der Waals surface area (Å²) in [5.74, 6) is 0.754. The van der Waals surface area contributed by atoms with E-state index in [0.29, 0.717) is 12.6 Å². The first-order valence-corrected chi connectivity index (χ1v) is 13.5. The number of β-amino-alcohol motifs (C(OH)–C–C–N with tert-alkyl or cyclic N) is 1. The van der Waals surface area contributed by atoms with Crippen molar-refractivity contribution >= 4 is 21.6 Å². The predicted molar refractivity (Wildman–Crippen MR) is 144 cm³/mol. The number of piperazine rings is 1. The first kappa shape index (κ1) is 25.2. The van der Waals surface area contributed by atoms with E-state index < -0.39 is 6.10 Å². The number of aromatic nitrogens is 1. The predicted octanol–water partition coefficient (Wildman–Crippen LogP) is 4.13. The Bertz CT molecular complexity index is 1220. The van der Waals surface area contributed by atoms with Gasteiger partial charge in [0.05, 0.1) is 20.9 Å². The third kappa shape index (κ3) is 5.74. The van der Waals surface area contributed by atoms with Gasteiger partial charge in [0, 0.05) is 44.8 Å². The number of fused-ring (bicyclic) bond motifs is 1. The zero-order chi connectivity index (χ0) is 25.2. The van der Waals surface area contributed by atoms with Crippen LogP contribution in [0.4, 0.5) is 0 Å². The normalized spacial score (nSPS) is 22.0. The lowest BCUT2D eigenvalue weighted by atomic mass is 9.97. The number of aliphatic hydroxyl groups excluding tert-OH is 1. The van der Waals surface area contributed by atoms with E-state index >= 15 is 0 Å². The molecule has 0 radical (unpaired) electrons. The summed E-state index contributed by atoms with van der Waals surface area (Å²) >= 11 is 1.68. The average Bonchev–Trinajstić information content (AvgIpc) is 3.44. The molecule has 2 aromatic carbocycles. The van der Waals surface area contributed by atoms with Crippen LogP contribution in [0.25, 0.3) is 10.2 Å². The summed E-state index contributed by atoms with van der Waals surface area (Å²) < 4.78 is 7.03. The molecule has 2 N–H and O–H groups in total. The molecule has 3 heterocycles. The number of rotatable bonds is 8. The second kappa shape index (κ2) is 10.9. The van der Waals surface area contributed by atoms with Crippen molar-refractivity contribution in [1.82, 2.24) is 20.3 Å². The number of nitrogens with zero attached hydrogens (tertiary/aromatic N) is 3. The van der Waals surface area contributed by atoms with Gasteiger partial charge in [-0.25, -0.2) is 4.98 Å². The zero-order valence-electron chi connectivity index (χ0n) is 21.5. The van der Waals surface area contributed by atoms with Crippen LogP contribution in [0.3, 0.4) is 0 Å². The van der Waals surface area contributed by atoms with Crippen LogP contribution in [0.15, 0.2) is 48.2 Å².